The van der Waals surface area contributed by atoms with Crippen LogP contribution in [-0.2, 0) is 0 Å². The molecule has 1 amide bonds. The second kappa shape index (κ2) is 6.16. The number of pyridine rings is 2. The van der Waals surface area contributed by atoms with E-state index in [1.807, 2.05) is 6.26 Å². The molecule has 0 atom stereocenters. The van der Waals surface area contributed by atoms with Gasteiger partial charge >= 0.3 is 5.97 Å². The third-order valence-electron chi connectivity index (χ3n) is 2.45. The van der Waals surface area contributed by atoms with Crippen molar-refractivity contribution >= 4 is 29.3 Å². The van der Waals surface area contributed by atoms with Crippen molar-refractivity contribution in [1.82, 2.24) is 9.97 Å². The lowest BCUT2D eigenvalue weighted by atomic mass is 10.2. The first-order chi connectivity index (χ1) is 9.61. The molecule has 6 nitrogen and oxygen atoms in total. The molecule has 0 aliphatic rings. The third-order valence-corrected chi connectivity index (χ3v) is 3.16. The summed E-state index contributed by atoms with van der Waals surface area (Å²) < 4.78 is 0. The fourth-order valence-corrected chi connectivity index (χ4v) is 2.10. The minimum absolute atomic E-state index is 0.0130. The molecule has 0 unspecified atom stereocenters. The fraction of sp³-hybridized carbons (Fsp3) is 0.0769. The average Bonchev–Trinajstić information content (AvgIpc) is 2.47. The lowest BCUT2D eigenvalue weighted by Crippen LogP contribution is -2.14. The van der Waals surface area contributed by atoms with E-state index in [1.165, 1.54) is 30.2 Å². The predicted molar refractivity (Wildman–Crippen MR) is 75.2 cm³/mol. The first-order valence-corrected chi connectivity index (χ1v) is 6.83. The Bertz CT molecular complexity index is 661. The Kier molecular flexibility index (Phi) is 4.31. The van der Waals surface area contributed by atoms with E-state index in [-0.39, 0.29) is 11.5 Å². The smallest absolute Gasteiger partial charge is 0.337 e. The Labute approximate surface area is 119 Å². The average molecular weight is 289 g/mol. The number of amides is 1. The molecule has 102 valence electrons. The lowest BCUT2D eigenvalue weighted by Gasteiger charge is -2.07. The molecule has 20 heavy (non-hydrogen) atoms. The number of hydrogen-bond donors (Lipinski definition) is 2. The molecule has 0 fully saturated rings. The third kappa shape index (κ3) is 3.12. The Balaban J connectivity index is 2.23. The molecular formula is C13H11N3O3S. The highest BCUT2D eigenvalue weighted by Gasteiger charge is 2.13. The molecular weight excluding hydrogens is 278 g/mol. The van der Waals surface area contributed by atoms with Gasteiger partial charge in [-0.1, -0.05) is 0 Å². The Morgan fingerprint density at radius 3 is 2.85 bits per heavy atom. The second-order valence-electron chi connectivity index (χ2n) is 3.78. The normalized spacial score (nSPS) is 10.1. The molecule has 2 N–H and O–H groups in total. The summed E-state index contributed by atoms with van der Waals surface area (Å²) in [5.74, 6) is -1.45. The highest BCUT2D eigenvalue weighted by atomic mass is 32.2. The first-order valence-electron chi connectivity index (χ1n) is 5.60. The number of carboxylic acid groups (broad SMARTS) is 1. The topological polar surface area (TPSA) is 92.2 Å². The summed E-state index contributed by atoms with van der Waals surface area (Å²) in [7, 11) is 0. The molecule has 2 heterocycles. The van der Waals surface area contributed by atoms with E-state index in [2.05, 4.69) is 15.3 Å². The highest BCUT2D eigenvalue weighted by Crippen LogP contribution is 2.18. The van der Waals surface area contributed by atoms with Gasteiger partial charge in [0.05, 0.1) is 23.0 Å². The minimum atomic E-state index is -1.10. The molecule has 0 radical (unpaired) electrons. The van der Waals surface area contributed by atoms with Crippen molar-refractivity contribution in [1.29, 1.82) is 0 Å². The zero-order valence-corrected chi connectivity index (χ0v) is 11.3. The van der Waals surface area contributed by atoms with Gasteiger partial charge in [-0.3, -0.25) is 9.78 Å². The van der Waals surface area contributed by atoms with Crippen LogP contribution < -0.4 is 5.32 Å². The molecule has 0 spiro atoms. The zero-order valence-electron chi connectivity index (χ0n) is 10.5. The van der Waals surface area contributed by atoms with Crippen LogP contribution in [0.3, 0.4) is 0 Å². The maximum absolute atomic E-state index is 12.1. The number of nitrogens with zero attached hydrogens (tertiary/aromatic N) is 2. The number of nitrogens with one attached hydrogen (secondary N) is 1. The standard InChI is InChI=1S/C13H11N3O3S/c1-20-12-10(3-2-4-15-12)11(17)16-9-5-8(13(18)19)6-14-7-9/h2-7H,1H3,(H,16,17)(H,18,19). The van der Waals surface area contributed by atoms with Gasteiger partial charge in [0.25, 0.3) is 5.91 Å². The van der Waals surface area contributed by atoms with Crippen molar-refractivity contribution in [2.75, 3.05) is 11.6 Å². The number of hydrogen-bond acceptors (Lipinski definition) is 5. The summed E-state index contributed by atoms with van der Waals surface area (Å²) in [6.45, 7) is 0. The van der Waals surface area contributed by atoms with E-state index in [0.29, 0.717) is 16.3 Å². The van der Waals surface area contributed by atoms with Gasteiger partial charge in [-0.2, -0.15) is 0 Å². The van der Waals surface area contributed by atoms with Crippen LogP contribution in [0.25, 0.3) is 0 Å². The number of aromatic nitrogens is 2. The molecule has 2 aromatic heterocycles. The summed E-state index contributed by atoms with van der Waals surface area (Å²) in [6, 6.07) is 4.67. The molecule has 2 rings (SSSR count). The van der Waals surface area contributed by atoms with Gasteiger partial charge in [-0.05, 0) is 24.5 Å². The Morgan fingerprint density at radius 2 is 2.15 bits per heavy atom. The van der Waals surface area contributed by atoms with Gasteiger partial charge in [-0.25, -0.2) is 9.78 Å². The summed E-state index contributed by atoms with van der Waals surface area (Å²) >= 11 is 1.36. The molecule has 0 aliphatic heterocycles. The minimum Gasteiger partial charge on any atom is -0.478 e. The van der Waals surface area contributed by atoms with Gasteiger partial charge in [0.15, 0.2) is 0 Å². The maximum Gasteiger partial charge on any atom is 0.337 e. The van der Waals surface area contributed by atoms with E-state index in [9.17, 15) is 9.59 Å². The van der Waals surface area contributed by atoms with E-state index >= 15 is 0 Å². The van der Waals surface area contributed by atoms with Crippen LogP contribution in [0, 0.1) is 0 Å². The van der Waals surface area contributed by atoms with Gasteiger partial charge < -0.3 is 10.4 Å². The predicted octanol–water partition coefficient (Wildman–Crippen LogP) is 2.15. The number of thioether (sulfide) groups is 1. The van der Waals surface area contributed by atoms with Crippen LogP contribution >= 0.6 is 11.8 Å². The fourth-order valence-electron chi connectivity index (χ4n) is 1.55. The maximum atomic E-state index is 12.1. The summed E-state index contributed by atoms with van der Waals surface area (Å²) in [5, 5.41) is 12.1. The van der Waals surface area contributed by atoms with Crippen molar-refractivity contribution in [3.63, 3.8) is 0 Å². The highest BCUT2D eigenvalue weighted by molar-refractivity contribution is 7.98. The van der Waals surface area contributed by atoms with Crippen LogP contribution in [-0.4, -0.2) is 33.2 Å². The van der Waals surface area contributed by atoms with Crippen molar-refractivity contribution in [2.45, 2.75) is 5.03 Å². The van der Waals surface area contributed by atoms with Gasteiger partial charge in [0, 0.05) is 12.4 Å². The van der Waals surface area contributed by atoms with Gasteiger partial charge in [0.2, 0.25) is 0 Å². The molecule has 0 aromatic carbocycles. The first kappa shape index (κ1) is 14.0. The van der Waals surface area contributed by atoms with Crippen LogP contribution in [0.15, 0.2) is 41.8 Å². The number of carbonyl (C=O) groups excluding carboxylic acids is 1. The van der Waals surface area contributed by atoms with Crippen LogP contribution in [0.5, 0.6) is 0 Å². The largest absolute Gasteiger partial charge is 0.478 e. The number of carboxylic acids is 1. The summed E-state index contributed by atoms with van der Waals surface area (Å²) in [5.41, 5.74) is 0.769. The quantitative estimate of drug-likeness (QED) is 0.838. The number of carbonyl (C=O) groups is 2. The monoisotopic (exact) mass is 289 g/mol. The summed E-state index contributed by atoms with van der Waals surface area (Å²) in [6.07, 6.45) is 6.04. The molecule has 0 saturated heterocycles. The Hall–Kier alpha value is -2.41. The van der Waals surface area contributed by atoms with Crippen LogP contribution in [0.4, 0.5) is 5.69 Å². The number of rotatable bonds is 4. The zero-order chi connectivity index (χ0) is 14.5. The van der Waals surface area contributed by atoms with Gasteiger partial charge in [0.1, 0.15) is 5.03 Å². The summed E-state index contributed by atoms with van der Waals surface area (Å²) in [4.78, 5) is 30.9. The van der Waals surface area contributed by atoms with Crippen molar-refractivity contribution in [3.05, 3.63) is 47.9 Å². The molecule has 0 bridgehead atoms. The van der Waals surface area contributed by atoms with Crippen LogP contribution in [0.2, 0.25) is 0 Å². The SMILES string of the molecule is CSc1ncccc1C(=O)Nc1cncc(C(=O)O)c1. The van der Waals surface area contributed by atoms with Gasteiger partial charge in [-0.15, -0.1) is 11.8 Å². The molecule has 0 saturated carbocycles. The second-order valence-corrected chi connectivity index (χ2v) is 4.58. The molecule has 2 aromatic rings. The van der Waals surface area contributed by atoms with E-state index < -0.39 is 5.97 Å². The number of aromatic carboxylic acids is 1. The van der Waals surface area contributed by atoms with E-state index in [1.54, 1.807) is 18.3 Å². The molecule has 0 aliphatic carbocycles. The van der Waals surface area contributed by atoms with Crippen molar-refractivity contribution < 1.29 is 14.7 Å². The number of anilines is 1. The van der Waals surface area contributed by atoms with Crippen LogP contribution in [0.1, 0.15) is 20.7 Å². The lowest BCUT2D eigenvalue weighted by molar-refractivity contribution is 0.0696. The van der Waals surface area contributed by atoms with E-state index in [0.717, 1.165) is 0 Å². The molecule has 7 heteroatoms. The van der Waals surface area contributed by atoms with E-state index in [4.69, 9.17) is 5.11 Å². The van der Waals surface area contributed by atoms with Crippen molar-refractivity contribution in [3.8, 4) is 0 Å². The Morgan fingerprint density at radius 1 is 1.35 bits per heavy atom. The van der Waals surface area contributed by atoms with Crippen molar-refractivity contribution in [2.24, 2.45) is 0 Å².